The lowest BCUT2D eigenvalue weighted by Gasteiger charge is -2.05. The molecule has 5 heteroatoms. The third kappa shape index (κ3) is 3.17. The topological polar surface area (TPSA) is 55.9 Å². The molecule has 0 aliphatic carbocycles. The van der Waals surface area contributed by atoms with Gasteiger partial charge in [-0.3, -0.25) is 0 Å². The first-order valence-corrected chi connectivity index (χ1v) is 5.79. The van der Waals surface area contributed by atoms with Crippen LogP contribution in [0.5, 0.6) is 0 Å². The minimum atomic E-state index is 0.475. The van der Waals surface area contributed by atoms with Gasteiger partial charge in [-0.05, 0) is 13.0 Å². The first kappa shape index (κ1) is 11.9. The van der Waals surface area contributed by atoms with Crippen molar-refractivity contribution >= 4 is 0 Å². The van der Waals surface area contributed by atoms with Gasteiger partial charge in [0.1, 0.15) is 30.7 Å². The third-order valence-electron chi connectivity index (χ3n) is 2.56. The van der Waals surface area contributed by atoms with Crippen LogP contribution >= 0.6 is 0 Å². The van der Waals surface area contributed by atoms with Crippen molar-refractivity contribution in [2.24, 2.45) is 0 Å². The van der Waals surface area contributed by atoms with Gasteiger partial charge in [0, 0.05) is 18.2 Å². The van der Waals surface area contributed by atoms with Crippen LogP contribution in [0.25, 0.3) is 0 Å². The van der Waals surface area contributed by atoms with E-state index >= 15 is 0 Å². The zero-order valence-electron chi connectivity index (χ0n) is 10.5. The summed E-state index contributed by atoms with van der Waals surface area (Å²) < 4.78 is 7.44. The highest BCUT2D eigenvalue weighted by Crippen LogP contribution is 2.15. The Hall–Kier alpha value is -1.62. The Kier molecular flexibility index (Phi) is 3.58. The smallest absolute Gasteiger partial charge is 0.137 e. The molecular weight excluding hydrogens is 216 g/mol. The normalized spacial score (nSPS) is 11.3. The highest BCUT2D eigenvalue weighted by Gasteiger charge is 2.08. The van der Waals surface area contributed by atoms with Gasteiger partial charge in [-0.1, -0.05) is 13.8 Å². The van der Waals surface area contributed by atoms with E-state index in [1.807, 2.05) is 6.92 Å². The maximum atomic E-state index is 5.69. The van der Waals surface area contributed by atoms with Gasteiger partial charge < -0.3 is 9.73 Å². The Morgan fingerprint density at radius 2 is 2.29 bits per heavy atom. The van der Waals surface area contributed by atoms with E-state index in [0.717, 1.165) is 18.1 Å². The van der Waals surface area contributed by atoms with E-state index in [1.54, 1.807) is 11.0 Å². The molecule has 0 amide bonds. The molecule has 1 N–H and O–H groups in total. The van der Waals surface area contributed by atoms with Gasteiger partial charge in [0.25, 0.3) is 0 Å². The molecule has 0 aliphatic heterocycles. The van der Waals surface area contributed by atoms with E-state index in [2.05, 4.69) is 35.3 Å². The predicted octanol–water partition coefficient (Wildman–Crippen LogP) is 1.73. The SMILES string of the molecule is Cc1oc(Cn2cncn2)cc1CNC(C)C. The molecule has 2 rings (SSSR count). The van der Waals surface area contributed by atoms with Gasteiger partial charge in [-0.15, -0.1) is 0 Å². The second-order valence-corrected chi connectivity index (χ2v) is 4.42. The van der Waals surface area contributed by atoms with Crippen molar-refractivity contribution in [2.75, 3.05) is 0 Å². The lowest BCUT2D eigenvalue weighted by molar-refractivity contribution is 0.455. The molecule has 0 fully saturated rings. The van der Waals surface area contributed by atoms with Crippen molar-refractivity contribution in [3.8, 4) is 0 Å². The molecule has 0 unspecified atom stereocenters. The lowest BCUT2D eigenvalue weighted by atomic mass is 10.2. The molecule has 0 spiro atoms. The summed E-state index contributed by atoms with van der Waals surface area (Å²) in [5.41, 5.74) is 1.20. The summed E-state index contributed by atoms with van der Waals surface area (Å²) >= 11 is 0. The molecule has 0 saturated heterocycles. The monoisotopic (exact) mass is 234 g/mol. The fourth-order valence-electron chi connectivity index (χ4n) is 1.63. The fourth-order valence-corrected chi connectivity index (χ4v) is 1.63. The van der Waals surface area contributed by atoms with Gasteiger partial charge in [-0.2, -0.15) is 5.10 Å². The molecular formula is C12H18N4O. The standard InChI is InChI=1S/C12H18N4O/c1-9(2)14-5-11-4-12(17-10(11)3)6-16-8-13-7-15-16/h4,7-9,14H,5-6H2,1-3H3. The second kappa shape index (κ2) is 5.14. The molecule has 2 heterocycles. The summed E-state index contributed by atoms with van der Waals surface area (Å²) in [4.78, 5) is 3.90. The van der Waals surface area contributed by atoms with Crippen molar-refractivity contribution < 1.29 is 4.42 Å². The van der Waals surface area contributed by atoms with Crippen LogP contribution in [0.15, 0.2) is 23.1 Å². The number of hydrogen-bond donors (Lipinski definition) is 1. The number of rotatable bonds is 5. The van der Waals surface area contributed by atoms with E-state index in [9.17, 15) is 0 Å². The second-order valence-electron chi connectivity index (χ2n) is 4.42. The molecule has 5 nitrogen and oxygen atoms in total. The highest BCUT2D eigenvalue weighted by atomic mass is 16.3. The van der Waals surface area contributed by atoms with Crippen molar-refractivity contribution in [2.45, 2.75) is 39.9 Å². The first-order valence-electron chi connectivity index (χ1n) is 5.79. The van der Waals surface area contributed by atoms with E-state index in [-0.39, 0.29) is 0 Å². The van der Waals surface area contributed by atoms with Crippen LogP contribution in [0.3, 0.4) is 0 Å². The van der Waals surface area contributed by atoms with Crippen LogP contribution < -0.4 is 5.32 Å². The molecule has 92 valence electrons. The summed E-state index contributed by atoms with van der Waals surface area (Å²) in [7, 11) is 0. The minimum absolute atomic E-state index is 0.475. The first-order chi connectivity index (χ1) is 8.15. The summed E-state index contributed by atoms with van der Waals surface area (Å²) in [6.45, 7) is 7.71. The molecule has 0 bridgehead atoms. The van der Waals surface area contributed by atoms with Gasteiger partial charge in [0.2, 0.25) is 0 Å². The van der Waals surface area contributed by atoms with Crippen LogP contribution in [-0.2, 0) is 13.1 Å². The maximum absolute atomic E-state index is 5.69. The van der Waals surface area contributed by atoms with E-state index in [1.165, 1.54) is 11.9 Å². The Bertz CT molecular complexity index is 459. The summed E-state index contributed by atoms with van der Waals surface area (Å²) in [6.07, 6.45) is 3.21. The number of hydrogen-bond acceptors (Lipinski definition) is 4. The van der Waals surface area contributed by atoms with Crippen molar-refractivity contribution in [1.82, 2.24) is 20.1 Å². The van der Waals surface area contributed by atoms with Gasteiger partial charge in [0.05, 0.1) is 0 Å². The molecule has 17 heavy (non-hydrogen) atoms. The highest BCUT2D eigenvalue weighted by molar-refractivity contribution is 5.20. The Labute approximate surface area is 101 Å². The molecule has 0 atom stereocenters. The van der Waals surface area contributed by atoms with Gasteiger partial charge >= 0.3 is 0 Å². The summed E-state index contributed by atoms with van der Waals surface area (Å²) in [5.74, 6) is 1.88. The van der Waals surface area contributed by atoms with Gasteiger partial charge in [-0.25, -0.2) is 9.67 Å². The number of nitrogens with one attached hydrogen (secondary N) is 1. The van der Waals surface area contributed by atoms with Crippen LogP contribution in [-0.4, -0.2) is 20.8 Å². The average molecular weight is 234 g/mol. The number of aromatic nitrogens is 3. The predicted molar refractivity (Wildman–Crippen MR) is 64.5 cm³/mol. The fraction of sp³-hybridized carbons (Fsp3) is 0.500. The quantitative estimate of drug-likeness (QED) is 0.856. The van der Waals surface area contributed by atoms with Crippen molar-refractivity contribution in [1.29, 1.82) is 0 Å². The van der Waals surface area contributed by atoms with Crippen LogP contribution in [0.2, 0.25) is 0 Å². The minimum Gasteiger partial charge on any atom is -0.464 e. The zero-order chi connectivity index (χ0) is 12.3. The maximum Gasteiger partial charge on any atom is 0.137 e. The Morgan fingerprint density at radius 1 is 1.47 bits per heavy atom. The molecule has 2 aromatic heterocycles. The Morgan fingerprint density at radius 3 is 2.94 bits per heavy atom. The van der Waals surface area contributed by atoms with Crippen molar-refractivity contribution in [3.05, 3.63) is 35.8 Å². The van der Waals surface area contributed by atoms with E-state index in [0.29, 0.717) is 12.6 Å². The largest absolute Gasteiger partial charge is 0.464 e. The molecule has 0 radical (unpaired) electrons. The Balaban J connectivity index is 2.02. The summed E-state index contributed by atoms with van der Waals surface area (Å²) in [6, 6.07) is 2.55. The molecule has 2 aromatic rings. The molecule has 0 saturated carbocycles. The van der Waals surface area contributed by atoms with Crippen LogP contribution in [0, 0.1) is 6.92 Å². The average Bonchev–Trinajstić information content (AvgIpc) is 2.86. The number of aryl methyl sites for hydroxylation is 1. The van der Waals surface area contributed by atoms with Crippen LogP contribution in [0.4, 0.5) is 0 Å². The lowest BCUT2D eigenvalue weighted by Crippen LogP contribution is -2.21. The number of furan rings is 1. The third-order valence-corrected chi connectivity index (χ3v) is 2.56. The molecule has 0 aromatic carbocycles. The van der Waals surface area contributed by atoms with Crippen molar-refractivity contribution in [3.63, 3.8) is 0 Å². The summed E-state index contributed by atoms with van der Waals surface area (Å²) in [5, 5.41) is 7.43. The zero-order valence-corrected chi connectivity index (χ0v) is 10.5. The van der Waals surface area contributed by atoms with Crippen LogP contribution in [0.1, 0.15) is 30.9 Å². The van der Waals surface area contributed by atoms with E-state index < -0.39 is 0 Å². The van der Waals surface area contributed by atoms with Gasteiger partial charge in [0.15, 0.2) is 0 Å². The number of nitrogens with zero attached hydrogens (tertiary/aromatic N) is 3. The molecule has 0 aliphatic rings. The van der Waals surface area contributed by atoms with E-state index in [4.69, 9.17) is 4.42 Å².